The van der Waals surface area contributed by atoms with Gasteiger partial charge in [0.1, 0.15) is 5.82 Å². The predicted octanol–water partition coefficient (Wildman–Crippen LogP) is 0.468. The summed E-state index contributed by atoms with van der Waals surface area (Å²) in [6.07, 6.45) is 0. The first kappa shape index (κ1) is 14.0. The van der Waals surface area contributed by atoms with Crippen LogP contribution in [0.1, 0.15) is 19.5 Å². The molecule has 98 valence electrons. The van der Waals surface area contributed by atoms with Crippen molar-refractivity contribution in [1.82, 2.24) is 15.1 Å². The van der Waals surface area contributed by atoms with E-state index in [0.717, 1.165) is 5.69 Å². The highest BCUT2D eigenvalue weighted by Gasteiger charge is 2.13. The fourth-order valence-corrected chi connectivity index (χ4v) is 2.40. The molecule has 1 rings (SSSR count). The Labute approximate surface area is 102 Å². The zero-order chi connectivity index (χ0) is 13.1. The first-order valence-corrected chi connectivity index (χ1v) is 7.20. The van der Waals surface area contributed by atoms with Crippen molar-refractivity contribution in [2.24, 2.45) is 7.05 Å². The molecule has 6 nitrogen and oxygen atoms in total. The van der Waals surface area contributed by atoms with Crippen LogP contribution in [0.5, 0.6) is 0 Å². The molecule has 0 amide bonds. The van der Waals surface area contributed by atoms with Gasteiger partial charge in [0.25, 0.3) is 0 Å². The molecule has 1 aromatic heterocycles. The molecular weight excluding hydrogens is 240 g/mol. The molecule has 0 radical (unpaired) electrons. The molecule has 0 spiro atoms. The molecule has 17 heavy (non-hydrogen) atoms. The summed E-state index contributed by atoms with van der Waals surface area (Å²) < 4.78 is 27.5. The van der Waals surface area contributed by atoms with E-state index in [1.54, 1.807) is 13.1 Å². The van der Waals surface area contributed by atoms with Gasteiger partial charge in [-0.2, -0.15) is 5.10 Å². The summed E-state index contributed by atoms with van der Waals surface area (Å²) in [5.41, 5.74) is 0.783. The number of nitrogens with one attached hydrogen (secondary N) is 2. The Morgan fingerprint density at radius 2 is 2.12 bits per heavy atom. The topological polar surface area (TPSA) is 76.0 Å². The first-order valence-electron chi connectivity index (χ1n) is 5.54. The van der Waals surface area contributed by atoms with Gasteiger partial charge in [0.15, 0.2) is 0 Å². The quantitative estimate of drug-likeness (QED) is 0.779. The molecule has 0 unspecified atom stereocenters. The number of nitrogens with zero attached hydrogens (tertiary/aromatic N) is 2. The Morgan fingerprint density at radius 3 is 2.59 bits per heavy atom. The van der Waals surface area contributed by atoms with Crippen molar-refractivity contribution in [2.75, 3.05) is 17.0 Å². The van der Waals surface area contributed by atoms with Crippen molar-refractivity contribution in [2.45, 2.75) is 26.8 Å². The lowest BCUT2D eigenvalue weighted by Gasteiger charge is -2.10. The minimum absolute atomic E-state index is 0.0510. The summed E-state index contributed by atoms with van der Waals surface area (Å²) >= 11 is 0. The summed E-state index contributed by atoms with van der Waals surface area (Å²) in [5.74, 6) is 0.544. The summed E-state index contributed by atoms with van der Waals surface area (Å²) in [4.78, 5) is 0. The third kappa shape index (κ3) is 4.74. The van der Waals surface area contributed by atoms with Crippen LogP contribution < -0.4 is 10.0 Å². The van der Waals surface area contributed by atoms with E-state index in [2.05, 4.69) is 15.1 Å². The summed E-state index contributed by atoms with van der Waals surface area (Å²) in [6.45, 7) is 6.21. The highest BCUT2D eigenvalue weighted by molar-refractivity contribution is 7.92. The monoisotopic (exact) mass is 260 g/mol. The lowest BCUT2D eigenvalue weighted by molar-refractivity contribution is 0.581. The Balaban J connectivity index is 2.58. The Kier molecular flexibility index (Phi) is 4.53. The number of hydrogen-bond acceptors (Lipinski definition) is 4. The molecule has 0 aliphatic rings. The van der Waals surface area contributed by atoms with Crippen molar-refractivity contribution in [3.8, 4) is 0 Å². The fourth-order valence-electron chi connectivity index (χ4n) is 1.40. The number of sulfonamides is 1. The standard InChI is InChI=1S/C10H20N4O2S/c1-8(2)11-5-6-17(15,16)13-10-7-9(3)12-14(10)4/h7-8,11,13H,5-6H2,1-4H3. The number of rotatable bonds is 6. The first-order chi connectivity index (χ1) is 7.80. The van der Waals surface area contributed by atoms with Gasteiger partial charge in [-0.3, -0.25) is 9.40 Å². The number of aryl methyl sites for hydroxylation is 2. The van der Waals surface area contributed by atoms with Crippen molar-refractivity contribution in [3.63, 3.8) is 0 Å². The highest BCUT2D eigenvalue weighted by atomic mass is 32.2. The van der Waals surface area contributed by atoms with Crippen LogP contribution in [0.3, 0.4) is 0 Å². The van der Waals surface area contributed by atoms with Gasteiger partial charge >= 0.3 is 0 Å². The molecule has 0 saturated heterocycles. The minimum Gasteiger partial charge on any atom is -0.313 e. The van der Waals surface area contributed by atoms with Gasteiger partial charge in [0.05, 0.1) is 11.4 Å². The van der Waals surface area contributed by atoms with Gasteiger partial charge in [-0.05, 0) is 6.92 Å². The molecular formula is C10H20N4O2S. The molecule has 0 atom stereocenters. The molecule has 1 heterocycles. The Morgan fingerprint density at radius 1 is 1.47 bits per heavy atom. The third-order valence-corrected chi connectivity index (χ3v) is 3.45. The lowest BCUT2D eigenvalue weighted by atomic mass is 10.4. The van der Waals surface area contributed by atoms with Gasteiger partial charge in [-0.1, -0.05) is 13.8 Å². The molecule has 0 saturated carbocycles. The smallest absolute Gasteiger partial charge is 0.235 e. The minimum atomic E-state index is -3.31. The SMILES string of the molecule is Cc1cc(NS(=O)(=O)CCNC(C)C)n(C)n1. The van der Waals surface area contributed by atoms with Gasteiger partial charge in [-0.25, -0.2) is 8.42 Å². The zero-order valence-electron chi connectivity index (χ0n) is 10.7. The molecule has 0 aliphatic carbocycles. The summed E-state index contributed by atoms with van der Waals surface area (Å²) in [7, 11) is -1.61. The van der Waals surface area contributed by atoms with Crippen LogP contribution >= 0.6 is 0 Å². The van der Waals surface area contributed by atoms with E-state index in [4.69, 9.17) is 0 Å². The highest BCUT2D eigenvalue weighted by Crippen LogP contribution is 2.09. The Hall–Kier alpha value is -1.08. The Bertz CT molecular complexity index is 465. The van der Waals surface area contributed by atoms with E-state index in [1.165, 1.54) is 4.68 Å². The second kappa shape index (κ2) is 5.50. The molecule has 7 heteroatoms. The summed E-state index contributed by atoms with van der Waals surface area (Å²) in [6, 6.07) is 1.98. The van der Waals surface area contributed by atoms with Crippen LogP contribution in [0.25, 0.3) is 0 Å². The van der Waals surface area contributed by atoms with E-state index in [-0.39, 0.29) is 11.8 Å². The second-order valence-corrected chi connectivity index (χ2v) is 6.17. The molecule has 2 N–H and O–H groups in total. The largest absolute Gasteiger partial charge is 0.313 e. The summed E-state index contributed by atoms with van der Waals surface area (Å²) in [5, 5.41) is 7.14. The van der Waals surface area contributed by atoms with E-state index < -0.39 is 10.0 Å². The number of hydrogen-bond donors (Lipinski definition) is 2. The van der Waals surface area contributed by atoms with Gasteiger partial charge in [0, 0.05) is 25.7 Å². The van der Waals surface area contributed by atoms with Crippen LogP contribution in [-0.2, 0) is 17.1 Å². The maximum absolute atomic E-state index is 11.8. The van der Waals surface area contributed by atoms with Crippen molar-refractivity contribution in [1.29, 1.82) is 0 Å². The van der Waals surface area contributed by atoms with Gasteiger partial charge in [-0.15, -0.1) is 0 Å². The van der Waals surface area contributed by atoms with Crippen LogP contribution in [-0.4, -0.2) is 36.5 Å². The van der Waals surface area contributed by atoms with Crippen molar-refractivity contribution >= 4 is 15.8 Å². The van der Waals surface area contributed by atoms with Crippen LogP contribution in [0.4, 0.5) is 5.82 Å². The maximum atomic E-state index is 11.8. The molecule has 0 bridgehead atoms. The van der Waals surface area contributed by atoms with E-state index in [1.807, 2.05) is 20.8 Å². The number of aromatic nitrogens is 2. The molecule has 0 fully saturated rings. The average molecular weight is 260 g/mol. The third-order valence-electron chi connectivity index (χ3n) is 2.19. The molecule has 0 aromatic carbocycles. The average Bonchev–Trinajstić information content (AvgIpc) is 2.42. The van der Waals surface area contributed by atoms with Gasteiger partial charge in [0.2, 0.25) is 10.0 Å². The van der Waals surface area contributed by atoms with Gasteiger partial charge < -0.3 is 5.32 Å². The van der Waals surface area contributed by atoms with Crippen LogP contribution in [0.15, 0.2) is 6.07 Å². The van der Waals surface area contributed by atoms with E-state index >= 15 is 0 Å². The molecule has 0 aliphatic heterocycles. The van der Waals surface area contributed by atoms with Crippen LogP contribution in [0.2, 0.25) is 0 Å². The predicted molar refractivity (Wildman–Crippen MR) is 68.5 cm³/mol. The van der Waals surface area contributed by atoms with E-state index in [9.17, 15) is 8.42 Å². The lowest BCUT2D eigenvalue weighted by Crippen LogP contribution is -2.31. The van der Waals surface area contributed by atoms with E-state index in [0.29, 0.717) is 12.4 Å². The normalized spacial score (nSPS) is 12.1. The molecule has 1 aromatic rings. The van der Waals surface area contributed by atoms with Crippen molar-refractivity contribution in [3.05, 3.63) is 11.8 Å². The second-order valence-electron chi connectivity index (χ2n) is 4.32. The van der Waals surface area contributed by atoms with Crippen LogP contribution in [0, 0.1) is 6.92 Å². The zero-order valence-corrected chi connectivity index (χ0v) is 11.5. The van der Waals surface area contributed by atoms with Crippen molar-refractivity contribution < 1.29 is 8.42 Å². The maximum Gasteiger partial charge on any atom is 0.235 e. The number of anilines is 1. The fraction of sp³-hybridized carbons (Fsp3) is 0.700.